The van der Waals surface area contributed by atoms with Gasteiger partial charge in [-0.2, -0.15) is 0 Å². The van der Waals surface area contributed by atoms with Gasteiger partial charge in [0.05, 0.1) is 6.54 Å². The van der Waals surface area contributed by atoms with E-state index in [0.29, 0.717) is 13.0 Å². The zero-order valence-corrected chi connectivity index (χ0v) is 12.9. The zero-order valence-electron chi connectivity index (χ0n) is 12.9. The molecule has 5 heteroatoms. The number of carboxylic acids is 1. The predicted molar refractivity (Wildman–Crippen MR) is 81.1 cm³/mol. The fraction of sp³-hybridized carbons (Fsp3) is 0.875. The first-order valence-corrected chi connectivity index (χ1v) is 8.40. The van der Waals surface area contributed by atoms with Crippen molar-refractivity contribution in [3.8, 4) is 0 Å². The third-order valence-corrected chi connectivity index (χ3v) is 4.70. The molecule has 1 atom stereocenters. The van der Waals surface area contributed by atoms with Crippen LogP contribution in [0.4, 0.5) is 0 Å². The van der Waals surface area contributed by atoms with Gasteiger partial charge in [-0.15, -0.1) is 0 Å². The van der Waals surface area contributed by atoms with E-state index in [1.807, 2.05) is 4.90 Å². The maximum absolute atomic E-state index is 12.6. The number of hydrogen-bond donors (Lipinski definition) is 1. The number of rotatable bonds is 5. The summed E-state index contributed by atoms with van der Waals surface area (Å²) in [5.74, 6) is -0.563. The second kappa shape index (κ2) is 8.37. The summed E-state index contributed by atoms with van der Waals surface area (Å²) in [7, 11) is 0. The summed E-state index contributed by atoms with van der Waals surface area (Å²) in [5.41, 5.74) is 0. The van der Waals surface area contributed by atoms with Crippen molar-refractivity contribution in [3.05, 3.63) is 0 Å². The number of nitrogens with zero attached hydrogens (tertiary/aromatic N) is 2. The van der Waals surface area contributed by atoms with Gasteiger partial charge in [0.1, 0.15) is 0 Å². The molecule has 0 aromatic heterocycles. The van der Waals surface area contributed by atoms with Gasteiger partial charge in [0.15, 0.2) is 0 Å². The molecule has 2 aliphatic heterocycles. The summed E-state index contributed by atoms with van der Waals surface area (Å²) in [6.45, 7) is 3.37. The molecule has 1 amide bonds. The Morgan fingerprint density at radius 2 is 1.62 bits per heavy atom. The predicted octanol–water partition coefficient (Wildman–Crippen LogP) is 2.11. The van der Waals surface area contributed by atoms with Gasteiger partial charge in [0.25, 0.3) is 0 Å². The maximum atomic E-state index is 12.6. The molecular formula is C16H28N2O3. The van der Waals surface area contributed by atoms with E-state index < -0.39 is 5.97 Å². The van der Waals surface area contributed by atoms with Crippen molar-refractivity contribution in [1.82, 2.24) is 9.80 Å². The molecule has 0 spiro atoms. The summed E-state index contributed by atoms with van der Waals surface area (Å²) in [4.78, 5) is 27.6. The standard InChI is InChI=1S/C16H28N2O3/c19-15(13-17-10-4-1-2-5-11-17)18-12-6-3-7-14(18)8-9-16(20)21/h14H,1-13H2,(H,20,21)/t14-/m1/s1. The highest BCUT2D eigenvalue weighted by Crippen LogP contribution is 2.21. The Bertz CT molecular complexity index is 351. The van der Waals surface area contributed by atoms with E-state index >= 15 is 0 Å². The molecule has 5 nitrogen and oxygen atoms in total. The highest BCUT2D eigenvalue weighted by molar-refractivity contribution is 5.78. The highest BCUT2D eigenvalue weighted by atomic mass is 16.4. The molecule has 2 aliphatic rings. The van der Waals surface area contributed by atoms with Crippen molar-refractivity contribution < 1.29 is 14.7 Å². The van der Waals surface area contributed by atoms with Crippen LogP contribution in [0.25, 0.3) is 0 Å². The van der Waals surface area contributed by atoms with Crippen LogP contribution in [-0.4, -0.2) is 59.0 Å². The minimum Gasteiger partial charge on any atom is -0.481 e. The van der Waals surface area contributed by atoms with Crippen LogP contribution in [0.2, 0.25) is 0 Å². The van der Waals surface area contributed by atoms with Crippen LogP contribution in [0.1, 0.15) is 57.8 Å². The molecule has 0 saturated carbocycles. The molecule has 21 heavy (non-hydrogen) atoms. The van der Waals surface area contributed by atoms with E-state index in [2.05, 4.69) is 4.90 Å². The fourth-order valence-corrected chi connectivity index (χ4v) is 3.50. The van der Waals surface area contributed by atoms with Crippen LogP contribution in [-0.2, 0) is 9.59 Å². The van der Waals surface area contributed by atoms with Gasteiger partial charge < -0.3 is 10.0 Å². The van der Waals surface area contributed by atoms with E-state index in [1.54, 1.807) is 0 Å². The lowest BCUT2D eigenvalue weighted by Gasteiger charge is -2.37. The Kier molecular flexibility index (Phi) is 6.49. The van der Waals surface area contributed by atoms with Crippen molar-refractivity contribution >= 4 is 11.9 Å². The van der Waals surface area contributed by atoms with Gasteiger partial charge in [-0.1, -0.05) is 12.8 Å². The second-order valence-electron chi connectivity index (χ2n) is 6.36. The summed E-state index contributed by atoms with van der Waals surface area (Å²) in [6, 6.07) is 0.134. The Morgan fingerprint density at radius 1 is 0.952 bits per heavy atom. The quantitative estimate of drug-likeness (QED) is 0.844. The molecule has 0 aromatic carbocycles. The molecule has 2 fully saturated rings. The lowest BCUT2D eigenvalue weighted by molar-refractivity contribution is -0.140. The maximum Gasteiger partial charge on any atom is 0.303 e. The average molecular weight is 296 g/mol. The van der Waals surface area contributed by atoms with Crippen LogP contribution in [0, 0.1) is 0 Å². The fourth-order valence-electron chi connectivity index (χ4n) is 3.50. The van der Waals surface area contributed by atoms with Gasteiger partial charge in [-0.05, 0) is 51.6 Å². The summed E-state index contributed by atoms with van der Waals surface area (Å²) >= 11 is 0. The lowest BCUT2D eigenvalue weighted by Crippen LogP contribution is -2.48. The second-order valence-corrected chi connectivity index (χ2v) is 6.36. The first kappa shape index (κ1) is 16.3. The molecule has 2 saturated heterocycles. The highest BCUT2D eigenvalue weighted by Gasteiger charge is 2.28. The largest absolute Gasteiger partial charge is 0.481 e. The normalized spacial score (nSPS) is 24.6. The molecule has 1 N–H and O–H groups in total. The van der Waals surface area contributed by atoms with Gasteiger partial charge in [-0.3, -0.25) is 14.5 Å². The minimum absolute atomic E-state index is 0.134. The van der Waals surface area contributed by atoms with Crippen molar-refractivity contribution in [2.75, 3.05) is 26.2 Å². The number of aliphatic carboxylic acids is 1. The van der Waals surface area contributed by atoms with Crippen LogP contribution in [0.5, 0.6) is 0 Å². The molecule has 0 bridgehead atoms. The third kappa shape index (κ3) is 5.30. The first-order valence-electron chi connectivity index (χ1n) is 8.40. The molecule has 0 aromatic rings. The Labute approximate surface area is 127 Å². The Hall–Kier alpha value is -1.10. The topological polar surface area (TPSA) is 60.9 Å². The van der Waals surface area contributed by atoms with Crippen molar-refractivity contribution in [2.24, 2.45) is 0 Å². The summed E-state index contributed by atoms with van der Waals surface area (Å²) in [6.07, 6.45) is 8.81. The van der Waals surface area contributed by atoms with Crippen LogP contribution in [0.3, 0.4) is 0 Å². The molecule has 2 rings (SSSR count). The minimum atomic E-state index is -0.763. The van der Waals surface area contributed by atoms with Crippen molar-refractivity contribution in [2.45, 2.75) is 63.8 Å². The number of carbonyl (C=O) groups is 2. The zero-order chi connectivity index (χ0) is 15.1. The van der Waals surface area contributed by atoms with Gasteiger partial charge in [0, 0.05) is 19.0 Å². The van der Waals surface area contributed by atoms with Crippen molar-refractivity contribution in [1.29, 1.82) is 0 Å². The number of carbonyl (C=O) groups excluding carboxylic acids is 1. The smallest absolute Gasteiger partial charge is 0.303 e. The van der Waals surface area contributed by atoms with E-state index in [4.69, 9.17) is 5.11 Å². The number of likely N-dealkylation sites (tertiary alicyclic amines) is 2. The number of hydrogen-bond acceptors (Lipinski definition) is 3. The Balaban J connectivity index is 1.86. The monoisotopic (exact) mass is 296 g/mol. The van der Waals surface area contributed by atoms with Gasteiger partial charge in [-0.25, -0.2) is 0 Å². The number of carboxylic acid groups (broad SMARTS) is 1. The third-order valence-electron chi connectivity index (χ3n) is 4.70. The Morgan fingerprint density at radius 3 is 2.29 bits per heavy atom. The molecular weight excluding hydrogens is 268 g/mol. The van der Waals surface area contributed by atoms with E-state index in [-0.39, 0.29) is 18.4 Å². The van der Waals surface area contributed by atoms with E-state index in [9.17, 15) is 9.59 Å². The number of piperidine rings is 1. The average Bonchev–Trinajstić information content (AvgIpc) is 2.74. The van der Waals surface area contributed by atoms with E-state index in [1.165, 1.54) is 25.7 Å². The van der Waals surface area contributed by atoms with E-state index in [0.717, 1.165) is 38.9 Å². The summed E-state index contributed by atoms with van der Waals surface area (Å²) < 4.78 is 0. The molecule has 0 radical (unpaired) electrons. The molecule has 2 heterocycles. The van der Waals surface area contributed by atoms with Gasteiger partial charge >= 0.3 is 5.97 Å². The van der Waals surface area contributed by atoms with Gasteiger partial charge in [0.2, 0.25) is 5.91 Å². The van der Waals surface area contributed by atoms with Crippen LogP contribution < -0.4 is 0 Å². The van der Waals surface area contributed by atoms with Crippen LogP contribution in [0.15, 0.2) is 0 Å². The lowest BCUT2D eigenvalue weighted by atomic mass is 9.98. The molecule has 120 valence electrons. The molecule has 0 aliphatic carbocycles. The summed E-state index contributed by atoms with van der Waals surface area (Å²) in [5, 5.41) is 8.85. The SMILES string of the molecule is O=C(O)CC[C@H]1CCCCN1C(=O)CN1CCCCCC1. The molecule has 0 unspecified atom stereocenters. The van der Waals surface area contributed by atoms with Crippen LogP contribution >= 0.6 is 0 Å². The van der Waals surface area contributed by atoms with Crippen molar-refractivity contribution in [3.63, 3.8) is 0 Å². The number of amides is 1. The first-order chi connectivity index (χ1) is 10.2.